The van der Waals surface area contributed by atoms with Gasteiger partial charge >= 0.3 is 0 Å². The topological polar surface area (TPSA) is 81.9 Å². The van der Waals surface area contributed by atoms with Crippen LogP contribution < -0.4 is 5.32 Å². The molecule has 8 heteroatoms. The number of benzene rings is 1. The van der Waals surface area contributed by atoms with Crippen LogP contribution in [0.5, 0.6) is 0 Å². The minimum Gasteiger partial charge on any atom is -0.381 e. The first-order chi connectivity index (χ1) is 11.7. The zero-order valence-corrected chi connectivity index (χ0v) is 14.2. The average Bonchev–Trinajstić information content (AvgIpc) is 3.26. The van der Waals surface area contributed by atoms with Crippen LogP contribution in [-0.2, 0) is 9.53 Å². The summed E-state index contributed by atoms with van der Waals surface area (Å²) in [7, 11) is 0. The van der Waals surface area contributed by atoms with Crippen LogP contribution in [0.3, 0.4) is 0 Å². The van der Waals surface area contributed by atoms with Gasteiger partial charge in [0, 0.05) is 29.7 Å². The van der Waals surface area contributed by atoms with E-state index in [2.05, 4.69) is 20.7 Å². The molecule has 1 aromatic carbocycles. The molecule has 0 spiro atoms. The maximum absolute atomic E-state index is 12.4. The SMILES string of the molecule is CC[C@H](C(=O)NC[C@H]1CCOC1)n1nnc(-c2ccc(Cl)cc2)n1. The molecule has 1 fully saturated rings. The first-order valence-corrected chi connectivity index (χ1v) is 8.46. The quantitative estimate of drug-likeness (QED) is 0.863. The third-order valence-corrected chi connectivity index (χ3v) is 4.34. The summed E-state index contributed by atoms with van der Waals surface area (Å²) in [4.78, 5) is 13.8. The standard InChI is InChI=1S/C16H20ClN5O2/c1-2-14(16(23)18-9-11-7-8-24-10-11)22-20-15(19-21-22)12-3-5-13(17)6-4-12/h3-6,11,14H,2,7-10H2,1H3,(H,18,23)/t11-,14-/m1/s1. The summed E-state index contributed by atoms with van der Waals surface area (Å²) in [5.41, 5.74) is 0.809. The Morgan fingerprint density at radius 2 is 2.25 bits per heavy atom. The van der Waals surface area contributed by atoms with E-state index in [1.807, 2.05) is 19.1 Å². The molecule has 1 aliphatic rings. The number of hydrogen-bond donors (Lipinski definition) is 1. The minimum atomic E-state index is -0.471. The molecule has 0 aliphatic carbocycles. The molecule has 1 saturated heterocycles. The number of carbonyl (C=O) groups excluding carboxylic acids is 1. The Bertz CT molecular complexity index is 682. The van der Waals surface area contributed by atoms with Crippen LogP contribution >= 0.6 is 11.6 Å². The lowest BCUT2D eigenvalue weighted by atomic mass is 10.1. The van der Waals surface area contributed by atoms with Gasteiger partial charge in [0.1, 0.15) is 0 Å². The number of rotatable bonds is 6. The van der Waals surface area contributed by atoms with Crippen LogP contribution in [0.15, 0.2) is 24.3 Å². The highest BCUT2D eigenvalue weighted by atomic mass is 35.5. The van der Waals surface area contributed by atoms with Crippen LogP contribution in [0, 0.1) is 5.92 Å². The van der Waals surface area contributed by atoms with Gasteiger partial charge in [0.25, 0.3) is 0 Å². The number of hydrogen-bond acceptors (Lipinski definition) is 5. The molecule has 1 aliphatic heterocycles. The number of tetrazole rings is 1. The van der Waals surface area contributed by atoms with Crippen molar-refractivity contribution in [2.24, 2.45) is 5.92 Å². The first kappa shape index (κ1) is 16.9. The second-order valence-electron chi connectivity index (χ2n) is 5.84. The maximum Gasteiger partial charge on any atom is 0.246 e. The van der Waals surface area contributed by atoms with Gasteiger partial charge in [-0.25, -0.2) is 0 Å². The zero-order chi connectivity index (χ0) is 16.9. The summed E-state index contributed by atoms with van der Waals surface area (Å²) in [6.07, 6.45) is 1.57. The number of halogens is 1. The van der Waals surface area contributed by atoms with Gasteiger partial charge < -0.3 is 10.1 Å². The summed E-state index contributed by atoms with van der Waals surface area (Å²) in [5, 5.41) is 16.0. The van der Waals surface area contributed by atoms with Gasteiger partial charge in [-0.3, -0.25) is 4.79 Å². The normalized spacial score (nSPS) is 18.5. The third-order valence-electron chi connectivity index (χ3n) is 4.09. The highest BCUT2D eigenvalue weighted by Gasteiger charge is 2.23. The molecular formula is C16H20ClN5O2. The van der Waals surface area contributed by atoms with E-state index in [0.717, 1.165) is 18.6 Å². The number of amides is 1. The van der Waals surface area contributed by atoms with Crippen LogP contribution in [0.1, 0.15) is 25.8 Å². The van der Waals surface area contributed by atoms with Crippen LogP contribution in [0.25, 0.3) is 11.4 Å². The van der Waals surface area contributed by atoms with Gasteiger partial charge in [0.15, 0.2) is 6.04 Å². The molecule has 2 atom stereocenters. The Hall–Kier alpha value is -1.99. The predicted octanol–water partition coefficient (Wildman–Crippen LogP) is 2.10. The third kappa shape index (κ3) is 3.91. The lowest BCUT2D eigenvalue weighted by Crippen LogP contribution is -2.36. The summed E-state index contributed by atoms with van der Waals surface area (Å²) in [5.74, 6) is 0.770. The molecule has 0 radical (unpaired) electrons. The number of nitrogens with zero attached hydrogens (tertiary/aromatic N) is 4. The van der Waals surface area contributed by atoms with Crippen LogP contribution in [0.4, 0.5) is 0 Å². The molecular weight excluding hydrogens is 330 g/mol. The van der Waals surface area contributed by atoms with E-state index in [-0.39, 0.29) is 5.91 Å². The van der Waals surface area contributed by atoms with Crippen molar-refractivity contribution < 1.29 is 9.53 Å². The second kappa shape index (κ2) is 7.72. The fraction of sp³-hybridized carbons (Fsp3) is 0.500. The summed E-state index contributed by atoms with van der Waals surface area (Å²) in [6, 6.07) is 6.72. The lowest BCUT2D eigenvalue weighted by Gasteiger charge is -2.15. The molecule has 1 amide bonds. The Morgan fingerprint density at radius 3 is 2.92 bits per heavy atom. The number of carbonyl (C=O) groups is 1. The van der Waals surface area contributed by atoms with Gasteiger partial charge in [-0.2, -0.15) is 4.80 Å². The maximum atomic E-state index is 12.4. The summed E-state index contributed by atoms with van der Waals surface area (Å²) < 4.78 is 5.32. The Balaban J connectivity index is 1.66. The van der Waals surface area contributed by atoms with Gasteiger partial charge in [-0.15, -0.1) is 10.2 Å². The highest BCUT2D eigenvalue weighted by Crippen LogP contribution is 2.18. The number of aromatic nitrogens is 4. The highest BCUT2D eigenvalue weighted by molar-refractivity contribution is 6.30. The molecule has 2 heterocycles. The molecule has 128 valence electrons. The van der Waals surface area contributed by atoms with Crippen molar-refractivity contribution in [1.29, 1.82) is 0 Å². The molecule has 0 bridgehead atoms. The van der Waals surface area contributed by atoms with E-state index < -0.39 is 6.04 Å². The van der Waals surface area contributed by atoms with E-state index >= 15 is 0 Å². The molecule has 1 N–H and O–H groups in total. The van der Waals surface area contributed by atoms with Gasteiger partial charge in [-0.1, -0.05) is 18.5 Å². The van der Waals surface area contributed by atoms with Crippen LogP contribution in [0.2, 0.25) is 5.02 Å². The van der Waals surface area contributed by atoms with Gasteiger partial charge in [0.2, 0.25) is 11.7 Å². The monoisotopic (exact) mass is 349 g/mol. The van der Waals surface area contributed by atoms with E-state index in [1.165, 1.54) is 4.80 Å². The fourth-order valence-corrected chi connectivity index (χ4v) is 2.76. The van der Waals surface area contributed by atoms with Crippen molar-refractivity contribution in [3.8, 4) is 11.4 Å². The Labute approximate surface area is 145 Å². The average molecular weight is 350 g/mol. The molecule has 3 rings (SSSR count). The van der Waals surface area contributed by atoms with E-state index in [9.17, 15) is 4.79 Å². The number of ether oxygens (including phenoxy) is 1. The molecule has 0 saturated carbocycles. The molecule has 2 aromatic rings. The van der Waals surface area contributed by atoms with E-state index in [4.69, 9.17) is 16.3 Å². The van der Waals surface area contributed by atoms with Crippen LogP contribution in [-0.4, -0.2) is 45.9 Å². The minimum absolute atomic E-state index is 0.0931. The lowest BCUT2D eigenvalue weighted by molar-refractivity contribution is -0.125. The van der Waals surface area contributed by atoms with Crippen molar-refractivity contribution >= 4 is 17.5 Å². The summed E-state index contributed by atoms with van der Waals surface area (Å²) in [6.45, 7) is 4.02. The first-order valence-electron chi connectivity index (χ1n) is 8.08. The molecule has 7 nitrogen and oxygen atoms in total. The molecule has 0 unspecified atom stereocenters. The van der Waals surface area contributed by atoms with Crippen molar-refractivity contribution in [1.82, 2.24) is 25.5 Å². The van der Waals surface area contributed by atoms with Crippen molar-refractivity contribution in [3.63, 3.8) is 0 Å². The molecule has 24 heavy (non-hydrogen) atoms. The van der Waals surface area contributed by atoms with E-state index in [1.54, 1.807) is 12.1 Å². The van der Waals surface area contributed by atoms with Gasteiger partial charge in [-0.05, 0) is 42.3 Å². The van der Waals surface area contributed by atoms with Gasteiger partial charge in [0.05, 0.1) is 6.61 Å². The second-order valence-corrected chi connectivity index (χ2v) is 6.28. The largest absolute Gasteiger partial charge is 0.381 e. The van der Waals surface area contributed by atoms with E-state index in [0.29, 0.717) is 36.3 Å². The summed E-state index contributed by atoms with van der Waals surface area (Å²) >= 11 is 5.88. The fourth-order valence-electron chi connectivity index (χ4n) is 2.63. The Kier molecular flexibility index (Phi) is 5.42. The predicted molar refractivity (Wildman–Crippen MR) is 89.5 cm³/mol. The van der Waals surface area contributed by atoms with Crippen molar-refractivity contribution in [2.75, 3.05) is 19.8 Å². The van der Waals surface area contributed by atoms with Crippen molar-refractivity contribution in [2.45, 2.75) is 25.8 Å². The van der Waals surface area contributed by atoms with Crippen molar-refractivity contribution in [3.05, 3.63) is 29.3 Å². The number of nitrogens with one attached hydrogen (secondary N) is 1. The Morgan fingerprint density at radius 1 is 1.46 bits per heavy atom. The molecule has 1 aromatic heterocycles. The smallest absolute Gasteiger partial charge is 0.246 e. The zero-order valence-electron chi connectivity index (χ0n) is 13.5.